The maximum atomic E-state index is 2.61. The van der Waals surface area contributed by atoms with Crippen LogP contribution in [0.2, 0.25) is 0 Å². The Bertz CT molecular complexity index is 2940. The molecular formula is C54H46N2. The summed E-state index contributed by atoms with van der Waals surface area (Å²) in [7, 11) is 0. The van der Waals surface area contributed by atoms with Gasteiger partial charge in [-0.3, -0.25) is 0 Å². The Morgan fingerprint density at radius 1 is 0.286 bits per heavy atom. The molecule has 2 aliphatic heterocycles. The van der Waals surface area contributed by atoms with Gasteiger partial charge in [0.25, 0.3) is 0 Å². The van der Waals surface area contributed by atoms with Crippen molar-refractivity contribution in [3.05, 3.63) is 158 Å². The molecule has 0 bridgehead atoms. The summed E-state index contributed by atoms with van der Waals surface area (Å²) >= 11 is 0. The molecule has 272 valence electrons. The van der Waals surface area contributed by atoms with Crippen molar-refractivity contribution < 1.29 is 0 Å². The smallest absolute Gasteiger partial charge is 0.0372 e. The van der Waals surface area contributed by atoms with Crippen molar-refractivity contribution >= 4 is 65.2 Å². The van der Waals surface area contributed by atoms with Gasteiger partial charge in [0.2, 0.25) is 0 Å². The van der Waals surface area contributed by atoms with E-state index >= 15 is 0 Å². The average Bonchev–Trinajstić information content (AvgIpc) is 3.27. The molecule has 0 unspecified atom stereocenters. The van der Waals surface area contributed by atoms with Gasteiger partial charge in [-0.05, 0) is 168 Å². The molecule has 0 aromatic heterocycles. The third-order valence-corrected chi connectivity index (χ3v) is 12.8. The molecule has 9 aromatic carbocycles. The number of rotatable bonds is 5. The van der Waals surface area contributed by atoms with Crippen LogP contribution < -0.4 is 9.80 Å². The summed E-state index contributed by atoms with van der Waals surface area (Å²) in [4.78, 5) is 5.22. The maximum absolute atomic E-state index is 2.61. The van der Waals surface area contributed by atoms with Crippen LogP contribution in [0.4, 0.5) is 11.4 Å². The summed E-state index contributed by atoms with van der Waals surface area (Å²) in [6.45, 7) is 4.50. The fraction of sp³-hybridized carbons (Fsp3) is 0.185. The second kappa shape index (κ2) is 13.9. The Kier molecular flexibility index (Phi) is 8.23. The van der Waals surface area contributed by atoms with Crippen molar-refractivity contribution in [3.8, 4) is 33.4 Å². The highest BCUT2D eigenvalue weighted by molar-refractivity contribution is 6.23. The van der Waals surface area contributed by atoms with Crippen molar-refractivity contribution in [1.29, 1.82) is 0 Å². The predicted octanol–water partition coefficient (Wildman–Crippen LogP) is 14.4. The van der Waals surface area contributed by atoms with Gasteiger partial charge in [0.15, 0.2) is 0 Å². The number of hydrogen-bond acceptors (Lipinski definition) is 2. The number of hydrogen-bond donors (Lipinski definition) is 0. The van der Waals surface area contributed by atoms with Crippen molar-refractivity contribution in [2.75, 3.05) is 36.0 Å². The molecule has 2 heteroatoms. The van der Waals surface area contributed by atoms with Crippen LogP contribution in [0.5, 0.6) is 0 Å². The number of nitrogens with zero attached hydrogens (tertiary/aromatic N) is 2. The Hall–Kier alpha value is -6.12. The molecule has 0 amide bonds. The van der Waals surface area contributed by atoms with E-state index in [-0.39, 0.29) is 0 Å². The SMILES string of the molecule is c1ccc2cc(-c3c4ccc(N5CCCCC5)cc4c(-c4ccc5cc(-c6cccc7ccccc67)ccc5c4)c4ccc(N5CCCCC5)cc34)ccc2c1. The lowest BCUT2D eigenvalue weighted by Gasteiger charge is -2.30. The monoisotopic (exact) mass is 722 g/mol. The first kappa shape index (κ1) is 33.2. The van der Waals surface area contributed by atoms with Gasteiger partial charge in [-0.1, -0.05) is 115 Å². The summed E-state index contributed by atoms with van der Waals surface area (Å²) in [6, 6.07) is 60.1. The van der Waals surface area contributed by atoms with Crippen molar-refractivity contribution in [2.24, 2.45) is 0 Å². The summed E-state index contributed by atoms with van der Waals surface area (Å²) in [5.74, 6) is 0. The fourth-order valence-electron chi connectivity index (χ4n) is 9.91. The van der Waals surface area contributed by atoms with Crippen LogP contribution in [-0.2, 0) is 0 Å². The fourth-order valence-corrected chi connectivity index (χ4v) is 9.91. The highest BCUT2D eigenvalue weighted by Gasteiger charge is 2.22. The third kappa shape index (κ3) is 5.78. The molecule has 0 radical (unpaired) electrons. The van der Waals surface area contributed by atoms with Gasteiger partial charge in [0, 0.05) is 37.6 Å². The summed E-state index contributed by atoms with van der Waals surface area (Å²) in [5, 5.41) is 13.0. The van der Waals surface area contributed by atoms with E-state index in [1.54, 1.807) is 0 Å². The zero-order chi connectivity index (χ0) is 37.0. The van der Waals surface area contributed by atoms with E-state index in [4.69, 9.17) is 0 Å². The maximum Gasteiger partial charge on any atom is 0.0372 e. The molecule has 11 rings (SSSR count). The molecule has 0 N–H and O–H groups in total. The van der Waals surface area contributed by atoms with Gasteiger partial charge in [0.1, 0.15) is 0 Å². The Balaban J connectivity index is 1.16. The van der Waals surface area contributed by atoms with Crippen LogP contribution in [-0.4, -0.2) is 26.2 Å². The minimum absolute atomic E-state index is 1.13. The van der Waals surface area contributed by atoms with Crippen LogP contribution in [0.1, 0.15) is 38.5 Å². The van der Waals surface area contributed by atoms with Crippen LogP contribution in [0.15, 0.2) is 158 Å². The van der Waals surface area contributed by atoms with Gasteiger partial charge in [-0.2, -0.15) is 0 Å². The normalized spacial score (nSPS) is 15.1. The molecule has 0 aliphatic carbocycles. The number of benzene rings is 9. The molecule has 2 nitrogen and oxygen atoms in total. The molecule has 2 aliphatic rings. The van der Waals surface area contributed by atoms with Gasteiger partial charge < -0.3 is 9.80 Å². The molecule has 0 atom stereocenters. The molecule has 2 heterocycles. The average molecular weight is 723 g/mol. The molecule has 9 aromatic rings. The molecule has 2 fully saturated rings. The van der Waals surface area contributed by atoms with E-state index in [0.717, 1.165) is 26.2 Å². The first-order valence-corrected chi connectivity index (χ1v) is 20.8. The highest BCUT2D eigenvalue weighted by Crippen LogP contribution is 2.47. The predicted molar refractivity (Wildman–Crippen MR) is 242 cm³/mol. The van der Waals surface area contributed by atoms with Gasteiger partial charge >= 0.3 is 0 Å². The number of piperidine rings is 2. The van der Waals surface area contributed by atoms with Crippen LogP contribution in [0.25, 0.3) is 87.2 Å². The van der Waals surface area contributed by atoms with Crippen molar-refractivity contribution in [1.82, 2.24) is 0 Å². The lowest BCUT2D eigenvalue weighted by Crippen LogP contribution is -2.29. The first-order valence-electron chi connectivity index (χ1n) is 20.8. The van der Waals surface area contributed by atoms with Crippen molar-refractivity contribution in [3.63, 3.8) is 0 Å². The lowest BCUT2D eigenvalue weighted by molar-refractivity contribution is 0.578. The summed E-state index contributed by atoms with van der Waals surface area (Å²) in [6.07, 6.45) is 7.69. The van der Waals surface area contributed by atoms with Crippen LogP contribution >= 0.6 is 0 Å². The minimum atomic E-state index is 1.13. The topological polar surface area (TPSA) is 6.48 Å². The summed E-state index contributed by atoms with van der Waals surface area (Å²) < 4.78 is 0. The Morgan fingerprint density at radius 2 is 0.750 bits per heavy atom. The second-order valence-electron chi connectivity index (χ2n) is 16.2. The number of anilines is 2. The third-order valence-electron chi connectivity index (χ3n) is 12.8. The van der Waals surface area contributed by atoms with E-state index in [9.17, 15) is 0 Å². The van der Waals surface area contributed by atoms with E-state index < -0.39 is 0 Å². The summed E-state index contributed by atoms with van der Waals surface area (Å²) in [5.41, 5.74) is 10.5. The van der Waals surface area contributed by atoms with E-state index in [1.165, 1.54) is 137 Å². The second-order valence-corrected chi connectivity index (χ2v) is 16.2. The lowest BCUT2D eigenvalue weighted by atomic mass is 9.84. The zero-order valence-corrected chi connectivity index (χ0v) is 32.0. The van der Waals surface area contributed by atoms with E-state index in [1.807, 2.05) is 0 Å². The molecule has 56 heavy (non-hydrogen) atoms. The van der Waals surface area contributed by atoms with Gasteiger partial charge in [-0.25, -0.2) is 0 Å². The molecule has 0 spiro atoms. The Labute approximate surface area is 329 Å². The molecule has 0 saturated carbocycles. The van der Waals surface area contributed by atoms with Gasteiger partial charge in [-0.15, -0.1) is 0 Å². The van der Waals surface area contributed by atoms with Crippen LogP contribution in [0.3, 0.4) is 0 Å². The molecular weight excluding hydrogens is 677 g/mol. The van der Waals surface area contributed by atoms with Crippen LogP contribution in [0, 0.1) is 0 Å². The number of fused-ring (bicyclic) bond motifs is 5. The standard InChI is InChI=1S/C54H46N2/c1-7-28-55(29-8-1)45-25-27-50-51(35-45)53(43-22-18-37-12-3-4-14-39(37)33-43)49-26-24-46(56-30-9-2-10-31-56)36-52(49)54(50)44-23-20-40-32-42(21-19-41(40)34-44)48-17-11-15-38-13-5-6-16-47(38)48/h3-6,11-27,32-36H,1-2,7-10,28-31H2. The van der Waals surface area contributed by atoms with Gasteiger partial charge in [0.05, 0.1) is 0 Å². The van der Waals surface area contributed by atoms with E-state index in [2.05, 4.69) is 168 Å². The quantitative estimate of drug-likeness (QED) is 0.163. The van der Waals surface area contributed by atoms with Crippen molar-refractivity contribution in [2.45, 2.75) is 38.5 Å². The molecule has 2 saturated heterocycles. The minimum Gasteiger partial charge on any atom is -0.372 e. The largest absolute Gasteiger partial charge is 0.372 e. The Morgan fingerprint density at radius 3 is 1.36 bits per heavy atom. The first-order chi connectivity index (χ1) is 27.7. The zero-order valence-electron chi connectivity index (χ0n) is 32.0. The van der Waals surface area contributed by atoms with E-state index in [0.29, 0.717) is 0 Å². The highest BCUT2D eigenvalue weighted by atomic mass is 15.1.